The number of benzene rings is 2. The lowest BCUT2D eigenvalue weighted by atomic mass is 10.1. The fraction of sp³-hybridized carbons (Fsp3) is 0.364. The maximum absolute atomic E-state index is 12.7. The van der Waals surface area contributed by atoms with Crippen LogP contribution in [-0.4, -0.2) is 29.9 Å². The molecule has 1 heterocycles. The van der Waals surface area contributed by atoms with Crippen LogP contribution < -0.4 is 10.1 Å². The summed E-state index contributed by atoms with van der Waals surface area (Å²) in [5.41, 5.74) is 2.64. The number of carbonyl (C=O) groups excluding carboxylic acids is 2. The Labute approximate surface area is 160 Å². The fourth-order valence-electron chi connectivity index (χ4n) is 3.22. The number of rotatable bonds is 8. The first-order valence-corrected chi connectivity index (χ1v) is 9.53. The molecule has 1 aliphatic rings. The Bertz CT molecular complexity index is 804. The minimum absolute atomic E-state index is 0.159. The largest absolute Gasteiger partial charge is 0.493 e. The van der Waals surface area contributed by atoms with E-state index in [-0.39, 0.29) is 11.8 Å². The lowest BCUT2D eigenvalue weighted by Gasteiger charge is -2.18. The summed E-state index contributed by atoms with van der Waals surface area (Å²) in [7, 11) is 0. The summed E-state index contributed by atoms with van der Waals surface area (Å²) in [5, 5.41) is 2.99. The lowest BCUT2D eigenvalue weighted by molar-refractivity contribution is -0.128. The second-order valence-corrected chi connectivity index (χ2v) is 6.71. The molecule has 1 aliphatic heterocycles. The van der Waals surface area contributed by atoms with Gasteiger partial charge >= 0.3 is 0 Å². The van der Waals surface area contributed by atoms with Gasteiger partial charge in [-0.05, 0) is 36.1 Å². The van der Waals surface area contributed by atoms with Crippen LogP contribution in [0.5, 0.6) is 5.75 Å². The van der Waals surface area contributed by atoms with E-state index in [4.69, 9.17) is 4.74 Å². The number of likely N-dealkylation sites (tertiary alicyclic amines) is 1. The number of hydrogen-bond acceptors (Lipinski definition) is 3. The van der Waals surface area contributed by atoms with Gasteiger partial charge in [0.1, 0.15) is 5.75 Å². The van der Waals surface area contributed by atoms with Gasteiger partial charge in [0.15, 0.2) is 0 Å². The highest BCUT2D eigenvalue weighted by Gasteiger charge is 2.21. The number of hydrogen-bond donors (Lipinski definition) is 1. The number of amides is 2. The molecule has 0 bridgehead atoms. The lowest BCUT2D eigenvalue weighted by Crippen LogP contribution is -2.27. The molecule has 0 aliphatic carbocycles. The van der Waals surface area contributed by atoms with Crippen LogP contribution in [0, 0.1) is 0 Å². The summed E-state index contributed by atoms with van der Waals surface area (Å²) >= 11 is 0. The van der Waals surface area contributed by atoms with Crippen LogP contribution in [0.2, 0.25) is 0 Å². The number of nitrogens with zero attached hydrogens (tertiary/aromatic N) is 1. The summed E-state index contributed by atoms with van der Waals surface area (Å²) in [6.45, 7) is 4.43. The van der Waals surface area contributed by atoms with E-state index in [2.05, 4.69) is 5.32 Å². The molecule has 142 valence electrons. The van der Waals surface area contributed by atoms with Gasteiger partial charge in [-0.15, -0.1) is 0 Å². The van der Waals surface area contributed by atoms with Crippen LogP contribution in [0.4, 0.5) is 0 Å². The molecule has 0 saturated carbocycles. The first-order valence-electron chi connectivity index (χ1n) is 9.53. The van der Waals surface area contributed by atoms with Crippen LogP contribution in [0.15, 0.2) is 48.5 Å². The van der Waals surface area contributed by atoms with Crippen molar-refractivity contribution in [2.75, 3.05) is 13.2 Å². The van der Waals surface area contributed by atoms with E-state index in [1.807, 2.05) is 54.3 Å². The standard InChI is InChI=1S/C22H26N2O3/c1-2-14-27-20-11-6-5-10-19(20)22(26)23-15-17-8-3-4-9-18(17)16-24-13-7-12-21(24)25/h3-6,8-11H,2,7,12-16H2,1H3,(H,23,26). The molecular formula is C22H26N2O3. The van der Waals surface area contributed by atoms with Gasteiger partial charge in [-0.3, -0.25) is 9.59 Å². The average Bonchev–Trinajstić information content (AvgIpc) is 3.10. The molecule has 2 amide bonds. The van der Waals surface area contributed by atoms with Gasteiger partial charge < -0.3 is 15.0 Å². The van der Waals surface area contributed by atoms with Crippen molar-refractivity contribution >= 4 is 11.8 Å². The van der Waals surface area contributed by atoms with Gasteiger partial charge in [-0.1, -0.05) is 43.3 Å². The van der Waals surface area contributed by atoms with Gasteiger partial charge in [0.2, 0.25) is 5.91 Å². The summed E-state index contributed by atoms with van der Waals surface area (Å²) in [6.07, 6.45) is 2.44. The molecule has 5 heteroatoms. The Morgan fingerprint density at radius 1 is 1.11 bits per heavy atom. The first kappa shape index (κ1) is 19.0. The zero-order valence-electron chi connectivity index (χ0n) is 15.7. The van der Waals surface area contributed by atoms with Crippen LogP contribution >= 0.6 is 0 Å². The highest BCUT2D eigenvalue weighted by Crippen LogP contribution is 2.20. The Balaban J connectivity index is 1.67. The predicted octanol–water partition coefficient (Wildman–Crippen LogP) is 3.53. The SMILES string of the molecule is CCCOc1ccccc1C(=O)NCc1ccccc1CN1CCCC1=O. The molecule has 27 heavy (non-hydrogen) atoms. The molecule has 0 atom stereocenters. The van der Waals surface area contributed by atoms with Crippen molar-refractivity contribution in [3.05, 3.63) is 65.2 Å². The molecule has 1 fully saturated rings. The zero-order valence-corrected chi connectivity index (χ0v) is 15.7. The quantitative estimate of drug-likeness (QED) is 0.778. The Morgan fingerprint density at radius 3 is 2.59 bits per heavy atom. The highest BCUT2D eigenvalue weighted by molar-refractivity contribution is 5.96. The fourth-order valence-corrected chi connectivity index (χ4v) is 3.22. The molecule has 0 radical (unpaired) electrons. The maximum Gasteiger partial charge on any atom is 0.255 e. The van der Waals surface area contributed by atoms with Crippen molar-refractivity contribution in [2.45, 2.75) is 39.3 Å². The van der Waals surface area contributed by atoms with Crippen LogP contribution in [0.25, 0.3) is 0 Å². The molecule has 1 saturated heterocycles. The molecule has 0 spiro atoms. The normalized spacial score (nSPS) is 13.7. The Hall–Kier alpha value is -2.82. The third-order valence-electron chi connectivity index (χ3n) is 4.68. The number of para-hydroxylation sites is 1. The van der Waals surface area contributed by atoms with E-state index in [1.165, 1.54) is 0 Å². The van der Waals surface area contributed by atoms with Crippen molar-refractivity contribution in [3.8, 4) is 5.75 Å². The molecule has 2 aromatic carbocycles. The van der Waals surface area contributed by atoms with E-state index in [0.29, 0.717) is 37.4 Å². The van der Waals surface area contributed by atoms with Crippen molar-refractivity contribution in [2.24, 2.45) is 0 Å². The number of ether oxygens (including phenoxy) is 1. The molecule has 0 aromatic heterocycles. The van der Waals surface area contributed by atoms with Crippen molar-refractivity contribution in [1.29, 1.82) is 0 Å². The second kappa shape index (κ2) is 9.21. The minimum Gasteiger partial charge on any atom is -0.493 e. The molecular weight excluding hydrogens is 340 g/mol. The summed E-state index contributed by atoms with van der Waals surface area (Å²) < 4.78 is 5.68. The average molecular weight is 366 g/mol. The monoisotopic (exact) mass is 366 g/mol. The van der Waals surface area contributed by atoms with E-state index in [1.54, 1.807) is 6.07 Å². The van der Waals surface area contributed by atoms with Gasteiger partial charge in [0, 0.05) is 26.1 Å². The molecule has 1 N–H and O–H groups in total. The third kappa shape index (κ3) is 4.88. The predicted molar refractivity (Wildman–Crippen MR) is 104 cm³/mol. The van der Waals surface area contributed by atoms with Crippen molar-refractivity contribution in [3.63, 3.8) is 0 Å². The summed E-state index contributed by atoms with van der Waals surface area (Å²) in [6, 6.07) is 15.2. The highest BCUT2D eigenvalue weighted by atomic mass is 16.5. The maximum atomic E-state index is 12.7. The van der Waals surface area contributed by atoms with Gasteiger partial charge in [0.25, 0.3) is 5.91 Å². The van der Waals surface area contributed by atoms with E-state index >= 15 is 0 Å². The summed E-state index contributed by atoms with van der Waals surface area (Å²) in [5.74, 6) is 0.650. The molecule has 0 unspecified atom stereocenters. The van der Waals surface area contributed by atoms with Crippen LogP contribution in [-0.2, 0) is 17.9 Å². The smallest absolute Gasteiger partial charge is 0.255 e. The third-order valence-corrected chi connectivity index (χ3v) is 4.68. The van der Waals surface area contributed by atoms with E-state index < -0.39 is 0 Å². The van der Waals surface area contributed by atoms with E-state index in [0.717, 1.165) is 30.5 Å². The van der Waals surface area contributed by atoms with Gasteiger partial charge in [-0.2, -0.15) is 0 Å². The molecule has 5 nitrogen and oxygen atoms in total. The van der Waals surface area contributed by atoms with E-state index in [9.17, 15) is 9.59 Å². The van der Waals surface area contributed by atoms with Crippen molar-refractivity contribution < 1.29 is 14.3 Å². The summed E-state index contributed by atoms with van der Waals surface area (Å²) in [4.78, 5) is 26.4. The van der Waals surface area contributed by atoms with Gasteiger partial charge in [-0.25, -0.2) is 0 Å². The number of carbonyl (C=O) groups is 2. The Morgan fingerprint density at radius 2 is 1.85 bits per heavy atom. The topological polar surface area (TPSA) is 58.6 Å². The van der Waals surface area contributed by atoms with Crippen LogP contribution in [0.1, 0.15) is 47.7 Å². The van der Waals surface area contributed by atoms with Crippen molar-refractivity contribution in [1.82, 2.24) is 10.2 Å². The first-order chi connectivity index (χ1) is 13.2. The second-order valence-electron chi connectivity index (χ2n) is 6.71. The van der Waals surface area contributed by atoms with Gasteiger partial charge in [0.05, 0.1) is 12.2 Å². The molecule has 3 rings (SSSR count). The Kier molecular flexibility index (Phi) is 6.47. The molecule has 2 aromatic rings. The number of nitrogens with one attached hydrogen (secondary N) is 1. The van der Waals surface area contributed by atoms with Crippen LogP contribution in [0.3, 0.4) is 0 Å². The minimum atomic E-state index is -0.159. The zero-order chi connectivity index (χ0) is 19.1.